The predicted octanol–water partition coefficient (Wildman–Crippen LogP) is 5.99. The van der Waals surface area contributed by atoms with Gasteiger partial charge < -0.3 is 15.0 Å². The van der Waals surface area contributed by atoms with Crippen molar-refractivity contribution in [3.05, 3.63) is 118 Å². The topological polar surface area (TPSA) is 53.9 Å². The number of esters is 1. The number of carbonyl (C=O) groups is 1. The largest absolute Gasteiger partial charge is 0.466 e. The van der Waals surface area contributed by atoms with Crippen molar-refractivity contribution in [3.63, 3.8) is 0 Å². The summed E-state index contributed by atoms with van der Waals surface area (Å²) < 4.78 is 59.9. The number of alkyl halides is 3. The molecule has 1 aliphatic rings. The third-order valence-electron chi connectivity index (χ3n) is 6.13. The fraction of sp³-hybridized carbons (Fsp3) is 0.214. The molecule has 1 aliphatic heterocycles. The van der Waals surface area contributed by atoms with Crippen LogP contribution in [-0.2, 0) is 28.8 Å². The van der Waals surface area contributed by atoms with Crippen molar-refractivity contribution in [2.24, 2.45) is 4.99 Å². The molecular weight excluding hydrogens is 486 g/mol. The Morgan fingerprint density at radius 2 is 1.65 bits per heavy atom. The summed E-state index contributed by atoms with van der Waals surface area (Å²) in [6.45, 7) is 1.69. The molecule has 0 radical (unpaired) electrons. The number of hydrogen-bond acceptors (Lipinski definition) is 3. The van der Waals surface area contributed by atoms with Gasteiger partial charge in [-0.05, 0) is 41.8 Å². The molecule has 37 heavy (non-hydrogen) atoms. The van der Waals surface area contributed by atoms with Crippen LogP contribution in [0.25, 0.3) is 0 Å². The Bertz CT molecular complexity index is 1320. The van der Waals surface area contributed by atoms with E-state index in [1.165, 1.54) is 49.6 Å². The Balaban J connectivity index is 1.84. The van der Waals surface area contributed by atoms with E-state index in [1.807, 2.05) is 30.3 Å². The van der Waals surface area contributed by atoms with Gasteiger partial charge in [0.05, 0.1) is 37.4 Å². The molecule has 1 N–H and O–H groups in total. The lowest BCUT2D eigenvalue weighted by Gasteiger charge is -2.38. The summed E-state index contributed by atoms with van der Waals surface area (Å²) in [4.78, 5) is 19.1. The van der Waals surface area contributed by atoms with Gasteiger partial charge in [0.2, 0.25) is 0 Å². The molecule has 1 heterocycles. The van der Waals surface area contributed by atoms with Crippen LogP contribution in [0.1, 0.15) is 35.2 Å². The Hall–Kier alpha value is -4.14. The van der Waals surface area contributed by atoms with Crippen LogP contribution in [0.5, 0.6) is 0 Å². The molecule has 1 atom stereocenters. The number of halogens is 4. The minimum Gasteiger partial charge on any atom is -0.466 e. The molecule has 0 saturated carbocycles. The van der Waals surface area contributed by atoms with Gasteiger partial charge in [-0.3, -0.25) is 0 Å². The molecule has 1 unspecified atom stereocenters. The molecule has 0 amide bonds. The summed E-state index contributed by atoms with van der Waals surface area (Å²) in [6.07, 6.45) is -4.55. The molecule has 3 aromatic rings. The van der Waals surface area contributed by atoms with E-state index < -0.39 is 29.6 Å². The third kappa shape index (κ3) is 5.82. The highest BCUT2D eigenvalue weighted by Gasteiger charge is 2.38. The number of benzene rings is 3. The number of ether oxygens (including phenoxy) is 1. The Kier molecular flexibility index (Phi) is 7.61. The van der Waals surface area contributed by atoms with E-state index in [9.17, 15) is 22.4 Å². The lowest BCUT2D eigenvalue weighted by atomic mass is 9.94. The Morgan fingerprint density at radius 3 is 2.30 bits per heavy atom. The fourth-order valence-electron chi connectivity index (χ4n) is 4.25. The van der Waals surface area contributed by atoms with Gasteiger partial charge in [-0.1, -0.05) is 60.7 Å². The number of methoxy groups -OCH3 is 1. The number of carbonyl (C=O) groups excluding carboxylic acids is 1. The monoisotopic (exact) mass is 511 g/mol. The summed E-state index contributed by atoms with van der Waals surface area (Å²) in [7, 11) is 1.23. The number of hydrogen-bond donors (Lipinski definition) is 1. The van der Waals surface area contributed by atoms with E-state index in [2.05, 4.69) is 10.3 Å². The zero-order chi connectivity index (χ0) is 26.6. The molecule has 0 fully saturated rings. The number of nitrogens with one attached hydrogen (secondary N) is 1. The van der Waals surface area contributed by atoms with E-state index in [0.717, 1.165) is 11.6 Å². The second-order valence-electron chi connectivity index (χ2n) is 8.49. The van der Waals surface area contributed by atoms with Crippen molar-refractivity contribution in [2.75, 3.05) is 7.11 Å². The zero-order valence-corrected chi connectivity index (χ0v) is 20.2. The van der Waals surface area contributed by atoms with E-state index in [1.54, 1.807) is 11.8 Å². The predicted molar refractivity (Wildman–Crippen MR) is 132 cm³/mol. The second kappa shape index (κ2) is 10.9. The second-order valence-corrected chi connectivity index (χ2v) is 8.49. The van der Waals surface area contributed by atoms with Crippen LogP contribution in [-0.4, -0.2) is 23.9 Å². The maximum atomic E-state index is 13.8. The number of aliphatic imine (C=N–C) groups is 1. The first kappa shape index (κ1) is 25.9. The number of nitrogens with zero attached hydrogens (tertiary/aromatic N) is 2. The summed E-state index contributed by atoms with van der Waals surface area (Å²) in [5.41, 5.74) is 1.29. The van der Waals surface area contributed by atoms with Crippen LogP contribution in [0.2, 0.25) is 0 Å². The third-order valence-corrected chi connectivity index (χ3v) is 6.13. The highest BCUT2D eigenvalue weighted by Crippen LogP contribution is 2.36. The van der Waals surface area contributed by atoms with Crippen molar-refractivity contribution in [2.45, 2.75) is 32.2 Å². The van der Waals surface area contributed by atoms with Crippen molar-refractivity contribution >= 4 is 11.9 Å². The van der Waals surface area contributed by atoms with Gasteiger partial charge >= 0.3 is 12.1 Å². The van der Waals surface area contributed by atoms with Gasteiger partial charge in [-0.2, -0.15) is 13.2 Å². The minimum atomic E-state index is -4.55. The molecule has 5 nitrogen and oxygen atoms in total. The van der Waals surface area contributed by atoms with Crippen LogP contribution < -0.4 is 5.32 Å². The quantitative estimate of drug-likeness (QED) is 0.326. The van der Waals surface area contributed by atoms with Crippen molar-refractivity contribution in [1.82, 2.24) is 10.2 Å². The van der Waals surface area contributed by atoms with Gasteiger partial charge in [0, 0.05) is 5.70 Å². The number of guanidine groups is 1. The molecule has 0 bridgehead atoms. The van der Waals surface area contributed by atoms with Gasteiger partial charge in [-0.25, -0.2) is 14.2 Å². The highest BCUT2D eigenvalue weighted by molar-refractivity contribution is 5.96. The Morgan fingerprint density at radius 1 is 1.00 bits per heavy atom. The maximum absolute atomic E-state index is 13.8. The van der Waals surface area contributed by atoms with Gasteiger partial charge in [-0.15, -0.1) is 0 Å². The lowest BCUT2D eigenvalue weighted by molar-refractivity contribution is -0.139. The molecule has 192 valence electrons. The average Bonchev–Trinajstić information content (AvgIpc) is 2.89. The summed E-state index contributed by atoms with van der Waals surface area (Å²) in [5.74, 6) is -0.820. The number of rotatable bonds is 6. The van der Waals surface area contributed by atoms with Crippen LogP contribution in [0, 0.1) is 5.82 Å². The smallest absolute Gasteiger partial charge is 0.416 e. The highest BCUT2D eigenvalue weighted by atomic mass is 19.4. The van der Waals surface area contributed by atoms with Crippen LogP contribution >= 0.6 is 0 Å². The van der Waals surface area contributed by atoms with E-state index in [-0.39, 0.29) is 30.2 Å². The van der Waals surface area contributed by atoms with Gasteiger partial charge in [0.1, 0.15) is 5.82 Å². The SMILES string of the molecule is COC(=O)C1=C(C)N(Cc2ccccc2C(F)(F)F)C(=NCc2ccccc2)NC1c1ccc(F)cc1. The normalized spacial score (nSPS) is 17.1. The average molecular weight is 512 g/mol. The van der Waals surface area contributed by atoms with Crippen LogP contribution in [0.15, 0.2) is 95.1 Å². The van der Waals surface area contributed by atoms with E-state index in [0.29, 0.717) is 11.3 Å². The first-order valence-electron chi connectivity index (χ1n) is 11.5. The summed E-state index contributed by atoms with van der Waals surface area (Å²) in [6, 6.07) is 19.5. The maximum Gasteiger partial charge on any atom is 0.416 e. The minimum absolute atomic E-state index is 0.0213. The van der Waals surface area contributed by atoms with E-state index in [4.69, 9.17) is 4.74 Å². The van der Waals surface area contributed by atoms with E-state index >= 15 is 0 Å². The van der Waals surface area contributed by atoms with Crippen molar-refractivity contribution in [3.8, 4) is 0 Å². The molecule has 3 aromatic carbocycles. The van der Waals surface area contributed by atoms with Gasteiger partial charge in [0.25, 0.3) is 0 Å². The fourth-order valence-corrected chi connectivity index (χ4v) is 4.25. The molecule has 0 saturated heterocycles. The molecule has 0 spiro atoms. The lowest BCUT2D eigenvalue weighted by Crippen LogP contribution is -2.48. The van der Waals surface area contributed by atoms with Crippen LogP contribution in [0.3, 0.4) is 0 Å². The van der Waals surface area contributed by atoms with Crippen molar-refractivity contribution < 1.29 is 27.1 Å². The molecular formula is C28H25F4N3O2. The summed E-state index contributed by atoms with van der Waals surface area (Å²) >= 11 is 0. The summed E-state index contributed by atoms with van der Waals surface area (Å²) in [5, 5.41) is 3.20. The first-order chi connectivity index (χ1) is 17.7. The zero-order valence-electron chi connectivity index (χ0n) is 20.2. The molecule has 0 aliphatic carbocycles. The first-order valence-corrected chi connectivity index (χ1v) is 11.5. The molecule has 0 aromatic heterocycles. The van der Waals surface area contributed by atoms with Crippen LogP contribution in [0.4, 0.5) is 17.6 Å². The number of allylic oxidation sites excluding steroid dienone is 1. The Labute approximate surface area is 212 Å². The van der Waals surface area contributed by atoms with Crippen molar-refractivity contribution in [1.29, 1.82) is 0 Å². The molecule has 9 heteroatoms. The van der Waals surface area contributed by atoms with Gasteiger partial charge in [0.15, 0.2) is 5.96 Å². The molecule has 4 rings (SSSR count). The standard InChI is InChI=1S/C28H25F4N3O2/c1-18-24(26(36)37-2)25(20-12-14-22(29)15-13-20)34-27(33-16-19-8-4-3-5-9-19)35(18)17-21-10-6-7-11-23(21)28(30,31)32/h3-15,25H,16-17H2,1-2H3,(H,33,34).